The average molecular weight is 220 g/mol. The van der Waals surface area contributed by atoms with Crippen molar-refractivity contribution < 1.29 is 13.2 Å². The zero-order chi connectivity index (χ0) is 10.6. The number of amides is 1. The second-order valence-corrected chi connectivity index (χ2v) is 5.83. The Morgan fingerprint density at radius 1 is 1.57 bits per heavy atom. The van der Waals surface area contributed by atoms with Gasteiger partial charge in [0.15, 0.2) is 0 Å². The van der Waals surface area contributed by atoms with Gasteiger partial charge in [-0.3, -0.25) is 4.79 Å². The number of nitrogens with one attached hydrogen (secondary N) is 2. The molecular formula is C8H16N2O3S. The Hall–Kier alpha value is -0.620. The first-order valence-electron chi connectivity index (χ1n) is 4.68. The molecule has 82 valence electrons. The smallest absolute Gasteiger partial charge is 0.237 e. The molecule has 1 aliphatic rings. The van der Waals surface area contributed by atoms with E-state index in [1.165, 1.54) is 6.26 Å². The van der Waals surface area contributed by atoms with Crippen LogP contribution < -0.4 is 10.6 Å². The van der Waals surface area contributed by atoms with Crippen LogP contribution in [0.25, 0.3) is 0 Å². The summed E-state index contributed by atoms with van der Waals surface area (Å²) in [7, 11) is -2.94. The van der Waals surface area contributed by atoms with Gasteiger partial charge in [-0.1, -0.05) is 0 Å². The predicted octanol–water partition coefficient (Wildman–Crippen LogP) is -1.10. The van der Waals surface area contributed by atoms with Gasteiger partial charge in [0.25, 0.3) is 0 Å². The zero-order valence-corrected chi connectivity index (χ0v) is 9.06. The molecule has 14 heavy (non-hydrogen) atoms. The molecule has 1 atom stereocenters. The zero-order valence-electron chi connectivity index (χ0n) is 8.25. The van der Waals surface area contributed by atoms with E-state index in [-0.39, 0.29) is 17.7 Å². The third kappa shape index (κ3) is 4.06. The summed E-state index contributed by atoms with van der Waals surface area (Å²) >= 11 is 0. The normalized spacial score (nSPS) is 23.2. The van der Waals surface area contributed by atoms with Crippen LogP contribution in [-0.2, 0) is 14.6 Å². The van der Waals surface area contributed by atoms with Gasteiger partial charge in [0, 0.05) is 19.3 Å². The van der Waals surface area contributed by atoms with E-state index in [1.54, 1.807) is 0 Å². The summed E-state index contributed by atoms with van der Waals surface area (Å²) in [6.07, 6.45) is 2.92. The fourth-order valence-corrected chi connectivity index (χ4v) is 1.87. The minimum absolute atomic E-state index is 0.0234. The van der Waals surface area contributed by atoms with E-state index in [9.17, 15) is 13.2 Å². The van der Waals surface area contributed by atoms with Gasteiger partial charge < -0.3 is 10.6 Å². The van der Waals surface area contributed by atoms with Gasteiger partial charge >= 0.3 is 0 Å². The van der Waals surface area contributed by atoms with Crippen LogP contribution >= 0.6 is 0 Å². The molecule has 0 aliphatic carbocycles. The molecule has 0 aromatic heterocycles. The molecular weight excluding hydrogens is 204 g/mol. The highest BCUT2D eigenvalue weighted by Crippen LogP contribution is 2.02. The maximum atomic E-state index is 11.2. The lowest BCUT2D eigenvalue weighted by atomic mass is 10.1. The fraction of sp³-hybridized carbons (Fsp3) is 0.875. The molecule has 1 saturated heterocycles. The van der Waals surface area contributed by atoms with E-state index in [4.69, 9.17) is 0 Å². The maximum Gasteiger partial charge on any atom is 0.237 e. The Morgan fingerprint density at radius 3 is 2.86 bits per heavy atom. The van der Waals surface area contributed by atoms with E-state index in [0.29, 0.717) is 6.54 Å². The van der Waals surface area contributed by atoms with Crippen molar-refractivity contribution in [3.63, 3.8) is 0 Å². The maximum absolute atomic E-state index is 11.2. The number of hydrogen-bond donors (Lipinski definition) is 2. The second-order valence-electron chi connectivity index (χ2n) is 3.57. The molecule has 1 rings (SSSR count). The van der Waals surface area contributed by atoms with Gasteiger partial charge in [-0.25, -0.2) is 8.42 Å². The first kappa shape index (κ1) is 11.5. The molecule has 0 spiro atoms. The van der Waals surface area contributed by atoms with Crippen LogP contribution in [0.3, 0.4) is 0 Å². The lowest BCUT2D eigenvalue weighted by Gasteiger charge is -2.22. The summed E-state index contributed by atoms with van der Waals surface area (Å²) in [6.45, 7) is 1.07. The van der Waals surface area contributed by atoms with Crippen molar-refractivity contribution >= 4 is 15.7 Å². The number of sulfone groups is 1. The van der Waals surface area contributed by atoms with Crippen LogP contribution in [0.15, 0.2) is 0 Å². The summed E-state index contributed by atoms with van der Waals surface area (Å²) in [4.78, 5) is 11.2. The van der Waals surface area contributed by atoms with E-state index < -0.39 is 9.84 Å². The van der Waals surface area contributed by atoms with Crippen molar-refractivity contribution in [1.82, 2.24) is 10.6 Å². The predicted molar refractivity (Wildman–Crippen MR) is 53.7 cm³/mol. The van der Waals surface area contributed by atoms with Crippen molar-refractivity contribution in [2.45, 2.75) is 18.9 Å². The largest absolute Gasteiger partial charge is 0.355 e. The molecule has 1 fully saturated rings. The molecule has 1 heterocycles. The Morgan fingerprint density at radius 2 is 2.29 bits per heavy atom. The average Bonchev–Trinajstić information content (AvgIpc) is 2.06. The van der Waals surface area contributed by atoms with Gasteiger partial charge in [-0.2, -0.15) is 0 Å². The number of hydrogen-bond acceptors (Lipinski definition) is 4. The van der Waals surface area contributed by atoms with Crippen LogP contribution in [0.2, 0.25) is 0 Å². The lowest BCUT2D eigenvalue weighted by molar-refractivity contribution is -0.124. The Kier molecular flexibility index (Phi) is 3.88. The first-order valence-corrected chi connectivity index (χ1v) is 6.74. The fourth-order valence-electron chi connectivity index (χ4n) is 1.39. The van der Waals surface area contributed by atoms with Crippen molar-refractivity contribution in [3.8, 4) is 0 Å². The SMILES string of the molecule is CS(=O)(=O)CCNC1CCCNC1=O. The standard InChI is InChI=1S/C8H16N2O3S/c1-14(12,13)6-5-9-7-3-2-4-10-8(7)11/h7,9H,2-6H2,1H3,(H,10,11). The van der Waals surface area contributed by atoms with E-state index in [1.807, 2.05) is 0 Å². The highest BCUT2D eigenvalue weighted by molar-refractivity contribution is 7.90. The molecule has 2 N–H and O–H groups in total. The minimum Gasteiger partial charge on any atom is -0.355 e. The van der Waals surface area contributed by atoms with E-state index in [2.05, 4.69) is 10.6 Å². The molecule has 6 heteroatoms. The number of carbonyl (C=O) groups excluding carboxylic acids is 1. The highest BCUT2D eigenvalue weighted by atomic mass is 32.2. The molecule has 1 unspecified atom stereocenters. The monoisotopic (exact) mass is 220 g/mol. The van der Waals surface area contributed by atoms with E-state index in [0.717, 1.165) is 19.4 Å². The summed E-state index contributed by atoms with van der Waals surface area (Å²) in [5.74, 6) is 0.0568. The van der Waals surface area contributed by atoms with Crippen molar-refractivity contribution in [1.29, 1.82) is 0 Å². The lowest BCUT2D eigenvalue weighted by Crippen LogP contribution is -2.49. The van der Waals surface area contributed by atoms with Crippen molar-refractivity contribution in [3.05, 3.63) is 0 Å². The minimum atomic E-state index is -2.94. The summed E-state index contributed by atoms with van der Waals surface area (Å²) in [6, 6.07) is -0.217. The number of piperidine rings is 1. The first-order chi connectivity index (χ1) is 6.49. The third-order valence-corrected chi connectivity index (χ3v) is 3.09. The van der Waals surface area contributed by atoms with Crippen LogP contribution in [0.4, 0.5) is 0 Å². The van der Waals surface area contributed by atoms with Crippen LogP contribution in [-0.4, -0.2) is 45.5 Å². The number of rotatable bonds is 4. The summed E-state index contributed by atoms with van der Waals surface area (Å²) in [5.41, 5.74) is 0. The van der Waals surface area contributed by atoms with Crippen LogP contribution in [0.5, 0.6) is 0 Å². The second kappa shape index (κ2) is 4.75. The third-order valence-electron chi connectivity index (χ3n) is 2.15. The highest BCUT2D eigenvalue weighted by Gasteiger charge is 2.21. The van der Waals surface area contributed by atoms with Crippen LogP contribution in [0, 0.1) is 0 Å². The quantitative estimate of drug-likeness (QED) is 0.630. The topological polar surface area (TPSA) is 75.3 Å². The van der Waals surface area contributed by atoms with Crippen molar-refractivity contribution in [2.24, 2.45) is 0 Å². The molecule has 0 bridgehead atoms. The van der Waals surface area contributed by atoms with Gasteiger partial charge in [0.1, 0.15) is 9.84 Å². The molecule has 0 aromatic rings. The molecule has 1 amide bonds. The van der Waals surface area contributed by atoms with Crippen LogP contribution in [0.1, 0.15) is 12.8 Å². The molecule has 0 aromatic carbocycles. The molecule has 0 radical (unpaired) electrons. The molecule has 1 aliphatic heterocycles. The van der Waals surface area contributed by atoms with Gasteiger partial charge in [-0.15, -0.1) is 0 Å². The summed E-state index contributed by atoms with van der Waals surface area (Å²) < 4.78 is 21.6. The van der Waals surface area contributed by atoms with E-state index >= 15 is 0 Å². The summed E-state index contributed by atoms with van der Waals surface area (Å²) in [5, 5.41) is 5.67. The Labute approximate surface area is 84.2 Å². The van der Waals surface area contributed by atoms with Crippen molar-refractivity contribution in [2.75, 3.05) is 25.1 Å². The van der Waals surface area contributed by atoms with Gasteiger partial charge in [0.05, 0.1) is 11.8 Å². The van der Waals surface area contributed by atoms with Gasteiger partial charge in [-0.05, 0) is 12.8 Å². The Balaban J connectivity index is 2.27. The van der Waals surface area contributed by atoms with Gasteiger partial charge in [0.2, 0.25) is 5.91 Å². The molecule has 0 saturated carbocycles. The Bertz CT molecular complexity index is 300. The number of carbonyl (C=O) groups is 1. The molecule has 5 nitrogen and oxygen atoms in total.